The molecule has 1 aliphatic rings. The Labute approximate surface area is 140 Å². The number of fused-ring (bicyclic) bond motifs is 1. The maximum Gasteiger partial charge on any atom is 0.164 e. The lowest BCUT2D eigenvalue weighted by Gasteiger charge is -2.45. The minimum Gasteiger partial charge on any atom is -0.352 e. The van der Waals surface area contributed by atoms with E-state index in [1.807, 2.05) is 32.0 Å². The summed E-state index contributed by atoms with van der Waals surface area (Å²) >= 11 is 0. The molecule has 4 rings (SSSR count). The zero-order valence-corrected chi connectivity index (χ0v) is 14.0. The molecule has 3 aromatic heterocycles. The zero-order chi connectivity index (χ0) is 16.7. The van der Waals surface area contributed by atoms with Gasteiger partial charge in [0.05, 0.1) is 11.4 Å². The number of aryl methyl sites for hydroxylation is 2. The molecule has 1 saturated heterocycles. The molecule has 0 unspecified atom stereocenters. The Morgan fingerprint density at radius 1 is 1.12 bits per heavy atom. The first kappa shape index (κ1) is 14.7. The predicted molar refractivity (Wildman–Crippen MR) is 93.2 cm³/mol. The van der Waals surface area contributed by atoms with Crippen LogP contribution in [-0.2, 0) is 0 Å². The Kier molecular flexibility index (Phi) is 3.48. The second kappa shape index (κ2) is 5.67. The summed E-state index contributed by atoms with van der Waals surface area (Å²) in [6, 6.07) is 6.36. The van der Waals surface area contributed by atoms with Crippen LogP contribution >= 0.6 is 0 Å². The molecule has 4 heterocycles. The van der Waals surface area contributed by atoms with Gasteiger partial charge < -0.3 is 9.80 Å². The Bertz CT molecular complexity index is 863. The summed E-state index contributed by atoms with van der Waals surface area (Å²) in [5.41, 5.74) is 1.73. The summed E-state index contributed by atoms with van der Waals surface area (Å²) in [6.45, 7) is 5.76. The number of aromatic nitrogens is 5. The van der Waals surface area contributed by atoms with Crippen LogP contribution in [0.1, 0.15) is 11.5 Å². The van der Waals surface area contributed by atoms with Crippen molar-refractivity contribution in [3.8, 4) is 0 Å². The molecule has 7 heteroatoms. The van der Waals surface area contributed by atoms with Crippen molar-refractivity contribution in [3.63, 3.8) is 0 Å². The van der Waals surface area contributed by atoms with Crippen molar-refractivity contribution < 1.29 is 0 Å². The summed E-state index contributed by atoms with van der Waals surface area (Å²) in [6.07, 6.45) is 3.33. The van der Waals surface area contributed by atoms with E-state index in [0.717, 1.165) is 47.3 Å². The number of pyridine rings is 1. The molecule has 0 atom stereocenters. The van der Waals surface area contributed by atoms with Crippen LogP contribution in [0.5, 0.6) is 0 Å². The van der Waals surface area contributed by atoms with Gasteiger partial charge >= 0.3 is 0 Å². The van der Waals surface area contributed by atoms with Crippen molar-refractivity contribution >= 4 is 22.7 Å². The second-order valence-corrected chi connectivity index (χ2v) is 6.16. The first-order valence-corrected chi connectivity index (χ1v) is 7.97. The highest BCUT2D eigenvalue weighted by Crippen LogP contribution is 2.27. The number of likely N-dealkylation sites (N-methyl/N-ethyl adjacent to an activating group) is 1. The highest BCUT2D eigenvalue weighted by Gasteiger charge is 2.32. The van der Waals surface area contributed by atoms with Gasteiger partial charge in [0.1, 0.15) is 23.8 Å². The van der Waals surface area contributed by atoms with E-state index >= 15 is 0 Å². The van der Waals surface area contributed by atoms with Crippen molar-refractivity contribution in [2.45, 2.75) is 19.9 Å². The number of anilines is 2. The SMILES string of the molecule is Cc1cc(N2CC(N(C)c3ncnc4ncccc34)C2)nc(C)n1. The van der Waals surface area contributed by atoms with Crippen LogP contribution in [0.4, 0.5) is 11.6 Å². The fourth-order valence-electron chi connectivity index (χ4n) is 3.08. The molecule has 0 saturated carbocycles. The molecular formula is C17H19N7. The first-order valence-electron chi connectivity index (χ1n) is 7.97. The van der Waals surface area contributed by atoms with Crippen LogP contribution in [0.15, 0.2) is 30.7 Å². The van der Waals surface area contributed by atoms with Crippen LogP contribution in [0, 0.1) is 13.8 Å². The van der Waals surface area contributed by atoms with Crippen LogP contribution in [0.25, 0.3) is 11.0 Å². The number of hydrogen-bond acceptors (Lipinski definition) is 7. The standard InChI is InChI=1S/C17H19N7/c1-11-7-15(22-12(2)21-11)24-8-13(9-24)23(3)17-14-5-4-6-18-16(14)19-10-20-17/h4-7,10,13H,8-9H2,1-3H3. The molecule has 0 bridgehead atoms. The van der Waals surface area contributed by atoms with Crippen LogP contribution < -0.4 is 9.80 Å². The van der Waals surface area contributed by atoms with Gasteiger partial charge in [-0.25, -0.2) is 24.9 Å². The van der Waals surface area contributed by atoms with Crippen molar-refractivity contribution in [2.24, 2.45) is 0 Å². The van der Waals surface area contributed by atoms with Crippen LogP contribution in [-0.4, -0.2) is 51.1 Å². The van der Waals surface area contributed by atoms with Gasteiger partial charge in [-0.1, -0.05) is 0 Å². The highest BCUT2D eigenvalue weighted by molar-refractivity contribution is 5.86. The van der Waals surface area contributed by atoms with Gasteiger partial charge in [0.2, 0.25) is 0 Å². The van der Waals surface area contributed by atoms with Gasteiger partial charge in [-0.15, -0.1) is 0 Å². The minimum atomic E-state index is 0.388. The Morgan fingerprint density at radius 2 is 1.96 bits per heavy atom. The Morgan fingerprint density at radius 3 is 2.75 bits per heavy atom. The largest absolute Gasteiger partial charge is 0.352 e. The Balaban J connectivity index is 1.54. The second-order valence-electron chi connectivity index (χ2n) is 6.16. The van der Waals surface area contributed by atoms with Crippen LogP contribution in [0.3, 0.4) is 0 Å². The smallest absolute Gasteiger partial charge is 0.164 e. The molecule has 0 N–H and O–H groups in total. The van der Waals surface area contributed by atoms with E-state index in [1.54, 1.807) is 12.5 Å². The molecule has 3 aromatic rings. The maximum atomic E-state index is 4.53. The molecule has 0 aromatic carbocycles. The van der Waals surface area contributed by atoms with E-state index < -0.39 is 0 Å². The number of rotatable bonds is 3. The van der Waals surface area contributed by atoms with E-state index in [4.69, 9.17) is 0 Å². The number of hydrogen-bond donors (Lipinski definition) is 0. The van der Waals surface area contributed by atoms with E-state index in [9.17, 15) is 0 Å². The van der Waals surface area contributed by atoms with Gasteiger partial charge in [0.25, 0.3) is 0 Å². The normalized spacial score (nSPS) is 14.7. The van der Waals surface area contributed by atoms with Crippen molar-refractivity contribution in [3.05, 3.63) is 42.2 Å². The lowest BCUT2D eigenvalue weighted by Crippen LogP contribution is -2.59. The fourth-order valence-corrected chi connectivity index (χ4v) is 3.08. The third kappa shape index (κ3) is 2.51. The molecule has 0 amide bonds. The van der Waals surface area contributed by atoms with E-state index in [2.05, 4.69) is 41.8 Å². The third-order valence-electron chi connectivity index (χ3n) is 4.41. The van der Waals surface area contributed by atoms with E-state index in [0.29, 0.717) is 6.04 Å². The summed E-state index contributed by atoms with van der Waals surface area (Å²) in [5.74, 6) is 2.74. The molecule has 7 nitrogen and oxygen atoms in total. The fraction of sp³-hybridized carbons (Fsp3) is 0.353. The molecule has 1 fully saturated rings. The molecule has 0 radical (unpaired) electrons. The summed E-state index contributed by atoms with van der Waals surface area (Å²) in [5, 5.41) is 0.981. The predicted octanol–water partition coefficient (Wildman–Crippen LogP) is 1.76. The molecule has 0 spiro atoms. The summed E-state index contributed by atoms with van der Waals surface area (Å²) in [4.78, 5) is 26.4. The topological polar surface area (TPSA) is 70.9 Å². The lowest BCUT2D eigenvalue weighted by atomic mass is 10.1. The van der Waals surface area contributed by atoms with Gasteiger partial charge in [-0.05, 0) is 26.0 Å². The maximum absolute atomic E-state index is 4.53. The third-order valence-corrected chi connectivity index (χ3v) is 4.41. The average molecular weight is 321 g/mol. The van der Waals surface area contributed by atoms with Gasteiger partial charge in [0.15, 0.2) is 5.65 Å². The molecular weight excluding hydrogens is 302 g/mol. The van der Waals surface area contributed by atoms with Crippen LogP contribution in [0.2, 0.25) is 0 Å². The summed E-state index contributed by atoms with van der Waals surface area (Å²) in [7, 11) is 2.08. The van der Waals surface area contributed by atoms with Crippen molar-refractivity contribution in [1.29, 1.82) is 0 Å². The van der Waals surface area contributed by atoms with Gasteiger partial charge in [-0.3, -0.25) is 0 Å². The monoisotopic (exact) mass is 321 g/mol. The van der Waals surface area contributed by atoms with Crippen molar-refractivity contribution in [1.82, 2.24) is 24.9 Å². The Hall–Kier alpha value is -2.83. The van der Waals surface area contributed by atoms with E-state index in [1.165, 1.54) is 0 Å². The lowest BCUT2D eigenvalue weighted by molar-refractivity contribution is 0.489. The number of nitrogens with zero attached hydrogens (tertiary/aromatic N) is 7. The molecule has 0 aliphatic carbocycles. The van der Waals surface area contributed by atoms with E-state index in [-0.39, 0.29) is 0 Å². The minimum absolute atomic E-state index is 0.388. The molecule has 24 heavy (non-hydrogen) atoms. The quantitative estimate of drug-likeness (QED) is 0.728. The zero-order valence-electron chi connectivity index (χ0n) is 14.0. The molecule has 1 aliphatic heterocycles. The highest BCUT2D eigenvalue weighted by atomic mass is 15.3. The van der Waals surface area contributed by atoms with Gasteiger partial charge in [-0.2, -0.15) is 0 Å². The molecule has 122 valence electrons. The van der Waals surface area contributed by atoms with Crippen molar-refractivity contribution in [2.75, 3.05) is 29.9 Å². The summed E-state index contributed by atoms with van der Waals surface area (Å²) < 4.78 is 0. The first-order chi connectivity index (χ1) is 11.6. The average Bonchev–Trinajstić information content (AvgIpc) is 2.52. The van der Waals surface area contributed by atoms with Gasteiger partial charge in [0, 0.05) is 38.1 Å².